The highest BCUT2D eigenvalue weighted by atomic mass is 16.3. The van der Waals surface area contributed by atoms with Crippen LogP contribution in [0.5, 0.6) is 0 Å². The Morgan fingerprint density at radius 1 is 1.18 bits per heavy atom. The van der Waals surface area contributed by atoms with Crippen molar-refractivity contribution >= 4 is 11.6 Å². The lowest BCUT2D eigenvalue weighted by Gasteiger charge is -2.25. The Labute approximate surface area is 131 Å². The van der Waals surface area contributed by atoms with Gasteiger partial charge in [-0.2, -0.15) is 0 Å². The number of likely N-dealkylation sites (tertiary alicyclic amines) is 1. The summed E-state index contributed by atoms with van der Waals surface area (Å²) < 4.78 is 5.29. The Balaban J connectivity index is 1.77. The summed E-state index contributed by atoms with van der Waals surface area (Å²) in [5, 5.41) is 0. The smallest absolute Gasteiger partial charge is 0.293 e. The van der Waals surface area contributed by atoms with Gasteiger partial charge in [0.1, 0.15) is 0 Å². The number of hydrogen-bond donors (Lipinski definition) is 0. The molecule has 1 aliphatic heterocycles. The number of amides is 1. The van der Waals surface area contributed by atoms with Gasteiger partial charge in [-0.15, -0.1) is 0 Å². The first kappa shape index (κ1) is 14.9. The molecule has 0 spiro atoms. The van der Waals surface area contributed by atoms with Crippen molar-refractivity contribution in [3.63, 3.8) is 0 Å². The highest BCUT2D eigenvalue weighted by Crippen LogP contribution is 2.19. The summed E-state index contributed by atoms with van der Waals surface area (Å²) in [5.74, 6) is 0.315. The highest BCUT2D eigenvalue weighted by Gasteiger charge is 2.21. The molecule has 1 aromatic heterocycles. The van der Waals surface area contributed by atoms with Gasteiger partial charge in [-0.3, -0.25) is 4.79 Å². The van der Waals surface area contributed by atoms with Crippen LogP contribution in [0.25, 0.3) is 0 Å². The van der Waals surface area contributed by atoms with E-state index in [0.717, 1.165) is 25.3 Å². The van der Waals surface area contributed by atoms with Gasteiger partial charge in [-0.05, 0) is 57.1 Å². The fraction of sp³-hybridized carbons (Fsp3) is 0.389. The Bertz CT molecular complexity index is 599. The molecule has 0 unspecified atom stereocenters. The number of benzene rings is 1. The van der Waals surface area contributed by atoms with Crippen molar-refractivity contribution in [1.29, 1.82) is 0 Å². The van der Waals surface area contributed by atoms with E-state index in [1.807, 2.05) is 36.1 Å². The van der Waals surface area contributed by atoms with E-state index in [4.69, 9.17) is 4.42 Å². The van der Waals surface area contributed by atoms with Gasteiger partial charge in [0.05, 0.1) is 6.26 Å². The summed E-state index contributed by atoms with van der Waals surface area (Å²) in [5.41, 5.74) is 2.11. The van der Waals surface area contributed by atoms with Crippen molar-refractivity contribution in [2.24, 2.45) is 0 Å². The molecule has 116 valence electrons. The molecule has 1 aliphatic rings. The van der Waals surface area contributed by atoms with Crippen LogP contribution in [0.1, 0.15) is 29.0 Å². The molecule has 2 aromatic rings. The molecule has 0 radical (unpaired) electrons. The molecule has 1 aromatic carbocycles. The largest absolute Gasteiger partial charge is 0.459 e. The standard InChI is InChI=1S/C18H22N2O2/c1-15-6-8-16(9-7-15)20(13-12-19-10-2-3-11-19)18(21)17-5-4-14-22-17/h4-9,14H,2-3,10-13H2,1H3. The van der Waals surface area contributed by atoms with Gasteiger partial charge < -0.3 is 14.2 Å². The second-order valence-corrected chi connectivity index (χ2v) is 5.82. The third kappa shape index (κ3) is 3.39. The molecule has 1 fully saturated rings. The van der Waals surface area contributed by atoms with Crippen LogP contribution in [0.4, 0.5) is 5.69 Å². The molecule has 22 heavy (non-hydrogen) atoms. The van der Waals surface area contributed by atoms with Crippen molar-refractivity contribution in [3.8, 4) is 0 Å². The van der Waals surface area contributed by atoms with Crippen molar-refractivity contribution < 1.29 is 9.21 Å². The minimum atomic E-state index is -0.0759. The van der Waals surface area contributed by atoms with E-state index < -0.39 is 0 Å². The van der Waals surface area contributed by atoms with Gasteiger partial charge in [0.25, 0.3) is 5.91 Å². The van der Waals surface area contributed by atoms with Gasteiger partial charge in [-0.1, -0.05) is 17.7 Å². The minimum Gasteiger partial charge on any atom is -0.459 e. The van der Waals surface area contributed by atoms with E-state index in [0.29, 0.717) is 12.3 Å². The Hall–Kier alpha value is -2.07. The van der Waals surface area contributed by atoms with Crippen LogP contribution in [0.15, 0.2) is 47.1 Å². The first-order chi connectivity index (χ1) is 10.7. The number of rotatable bonds is 5. The monoisotopic (exact) mass is 298 g/mol. The predicted molar refractivity (Wildman–Crippen MR) is 87.2 cm³/mol. The van der Waals surface area contributed by atoms with Crippen molar-refractivity contribution in [2.45, 2.75) is 19.8 Å². The molecule has 2 heterocycles. The first-order valence-corrected chi connectivity index (χ1v) is 7.88. The van der Waals surface area contributed by atoms with Crippen molar-refractivity contribution in [3.05, 3.63) is 54.0 Å². The Morgan fingerprint density at radius 3 is 2.55 bits per heavy atom. The SMILES string of the molecule is Cc1ccc(N(CCN2CCCC2)C(=O)c2ccco2)cc1. The van der Waals surface area contributed by atoms with Crippen LogP contribution in [0, 0.1) is 6.92 Å². The second kappa shape index (κ2) is 6.79. The van der Waals surface area contributed by atoms with E-state index in [-0.39, 0.29) is 5.91 Å². The third-order valence-electron chi connectivity index (χ3n) is 4.16. The zero-order chi connectivity index (χ0) is 15.4. The summed E-state index contributed by atoms with van der Waals surface area (Å²) in [6, 6.07) is 11.5. The molecule has 0 N–H and O–H groups in total. The molecule has 4 heteroatoms. The summed E-state index contributed by atoms with van der Waals surface area (Å²) in [6.07, 6.45) is 4.06. The quantitative estimate of drug-likeness (QED) is 0.849. The number of carbonyl (C=O) groups excluding carboxylic acids is 1. The number of hydrogen-bond acceptors (Lipinski definition) is 3. The lowest BCUT2D eigenvalue weighted by atomic mass is 10.2. The minimum absolute atomic E-state index is 0.0759. The van der Waals surface area contributed by atoms with Crippen LogP contribution in [-0.4, -0.2) is 37.0 Å². The number of furan rings is 1. The summed E-state index contributed by atoms with van der Waals surface area (Å²) in [7, 11) is 0. The third-order valence-corrected chi connectivity index (χ3v) is 4.16. The average molecular weight is 298 g/mol. The van der Waals surface area contributed by atoms with Gasteiger partial charge in [0, 0.05) is 18.8 Å². The lowest BCUT2D eigenvalue weighted by Crippen LogP contribution is -2.38. The fourth-order valence-electron chi connectivity index (χ4n) is 2.85. The van der Waals surface area contributed by atoms with E-state index in [2.05, 4.69) is 4.90 Å². The van der Waals surface area contributed by atoms with Gasteiger partial charge in [0.15, 0.2) is 5.76 Å². The second-order valence-electron chi connectivity index (χ2n) is 5.82. The van der Waals surface area contributed by atoms with Gasteiger partial charge in [0.2, 0.25) is 0 Å². The van der Waals surface area contributed by atoms with Gasteiger partial charge in [-0.25, -0.2) is 0 Å². The average Bonchev–Trinajstić information content (AvgIpc) is 3.22. The maximum atomic E-state index is 12.7. The Morgan fingerprint density at radius 2 is 1.91 bits per heavy atom. The first-order valence-electron chi connectivity index (χ1n) is 7.88. The summed E-state index contributed by atoms with van der Waals surface area (Å²) in [4.78, 5) is 16.9. The molecule has 0 aliphatic carbocycles. The highest BCUT2D eigenvalue weighted by molar-refractivity contribution is 6.04. The van der Waals surface area contributed by atoms with Crippen LogP contribution >= 0.6 is 0 Å². The Kier molecular flexibility index (Phi) is 4.59. The number of aryl methyl sites for hydroxylation is 1. The molecular weight excluding hydrogens is 276 g/mol. The normalized spacial score (nSPS) is 15.1. The molecular formula is C18H22N2O2. The zero-order valence-electron chi connectivity index (χ0n) is 13.0. The molecule has 0 bridgehead atoms. The summed E-state index contributed by atoms with van der Waals surface area (Å²) in [6.45, 7) is 5.91. The van der Waals surface area contributed by atoms with E-state index >= 15 is 0 Å². The molecule has 3 rings (SSSR count). The van der Waals surface area contributed by atoms with E-state index in [1.54, 1.807) is 18.4 Å². The molecule has 0 atom stereocenters. The zero-order valence-corrected chi connectivity index (χ0v) is 13.0. The number of nitrogens with zero attached hydrogens (tertiary/aromatic N) is 2. The summed E-state index contributed by atoms with van der Waals surface area (Å²) >= 11 is 0. The lowest BCUT2D eigenvalue weighted by molar-refractivity contribution is 0.0957. The van der Waals surface area contributed by atoms with E-state index in [1.165, 1.54) is 18.4 Å². The van der Waals surface area contributed by atoms with Crippen LogP contribution in [0.3, 0.4) is 0 Å². The van der Waals surface area contributed by atoms with E-state index in [9.17, 15) is 4.79 Å². The number of carbonyl (C=O) groups is 1. The maximum absolute atomic E-state index is 12.7. The molecule has 1 saturated heterocycles. The van der Waals surface area contributed by atoms with Crippen LogP contribution in [-0.2, 0) is 0 Å². The van der Waals surface area contributed by atoms with Crippen molar-refractivity contribution in [2.75, 3.05) is 31.1 Å². The fourth-order valence-corrected chi connectivity index (χ4v) is 2.85. The van der Waals surface area contributed by atoms with Crippen LogP contribution < -0.4 is 4.90 Å². The molecule has 0 saturated carbocycles. The molecule has 1 amide bonds. The van der Waals surface area contributed by atoms with Crippen molar-refractivity contribution in [1.82, 2.24) is 4.90 Å². The van der Waals surface area contributed by atoms with Crippen LogP contribution in [0.2, 0.25) is 0 Å². The molecule has 4 nitrogen and oxygen atoms in total. The topological polar surface area (TPSA) is 36.7 Å². The van der Waals surface area contributed by atoms with Gasteiger partial charge >= 0.3 is 0 Å². The number of anilines is 1. The predicted octanol–water partition coefficient (Wildman–Crippen LogP) is 3.33. The maximum Gasteiger partial charge on any atom is 0.293 e.